The van der Waals surface area contributed by atoms with Gasteiger partial charge in [-0.15, -0.1) is 8.19 Å². The SMILES string of the molecule is CCOC(=O)C(Cc1ccc(OC)c(CNC(=O)Cc2[pH]cc(OCC)c2OCC)c1)OC(C)C. The fourth-order valence-electron chi connectivity index (χ4n) is 3.61. The summed E-state index contributed by atoms with van der Waals surface area (Å²) >= 11 is 0. The molecular formula is C26H38NO7P. The monoisotopic (exact) mass is 507 g/mol. The number of carbonyl (C=O) groups is 2. The fraction of sp³-hybridized carbons (Fsp3) is 0.538. The molecule has 0 aliphatic heterocycles. The first-order valence-corrected chi connectivity index (χ1v) is 13.1. The molecule has 0 saturated carbocycles. The number of esters is 1. The molecule has 0 bridgehead atoms. The van der Waals surface area contributed by atoms with Crippen LogP contribution in [0.15, 0.2) is 24.0 Å². The van der Waals surface area contributed by atoms with Gasteiger partial charge >= 0.3 is 5.97 Å². The third kappa shape index (κ3) is 8.79. The summed E-state index contributed by atoms with van der Waals surface area (Å²) in [6.45, 7) is 11.0. The largest absolute Gasteiger partial charge is 0.496 e. The molecule has 8 nitrogen and oxygen atoms in total. The highest BCUT2D eigenvalue weighted by molar-refractivity contribution is 7.30. The number of amides is 1. The Bertz CT molecular complexity index is 957. The molecule has 1 aromatic carbocycles. The van der Waals surface area contributed by atoms with Crippen molar-refractivity contribution in [3.8, 4) is 17.2 Å². The molecule has 2 atom stereocenters. The minimum Gasteiger partial charge on any atom is -0.496 e. The highest BCUT2D eigenvalue weighted by atomic mass is 31.0. The minimum absolute atomic E-state index is 0.115. The first-order valence-electron chi connectivity index (χ1n) is 12.0. The molecular weight excluding hydrogens is 469 g/mol. The van der Waals surface area contributed by atoms with Crippen molar-refractivity contribution in [2.75, 3.05) is 26.9 Å². The third-order valence-electron chi connectivity index (χ3n) is 5.03. The van der Waals surface area contributed by atoms with E-state index < -0.39 is 6.10 Å². The maximum Gasteiger partial charge on any atom is 0.335 e. The Morgan fingerprint density at radius 3 is 2.40 bits per heavy atom. The molecule has 2 rings (SSSR count). The van der Waals surface area contributed by atoms with Gasteiger partial charge < -0.3 is 29.0 Å². The van der Waals surface area contributed by atoms with Gasteiger partial charge in [-0.1, -0.05) is 12.1 Å². The van der Waals surface area contributed by atoms with E-state index in [0.717, 1.165) is 16.4 Å². The third-order valence-corrected chi connectivity index (χ3v) is 6.19. The summed E-state index contributed by atoms with van der Waals surface area (Å²) in [5, 5.41) is 3.90. The number of hydrogen-bond acceptors (Lipinski definition) is 7. The maximum atomic E-state index is 12.7. The number of nitrogens with one attached hydrogen (secondary N) is 1. The maximum absolute atomic E-state index is 12.7. The van der Waals surface area contributed by atoms with E-state index >= 15 is 0 Å². The van der Waals surface area contributed by atoms with Gasteiger partial charge in [-0.2, -0.15) is 0 Å². The van der Waals surface area contributed by atoms with E-state index in [-0.39, 0.29) is 30.9 Å². The van der Waals surface area contributed by atoms with E-state index in [1.807, 2.05) is 51.7 Å². The standard InChI is InChI=1S/C26H38NO7P/c1-7-31-22-16-35-23(25(22)32-8-2)14-24(28)27-15-19-12-18(10-11-20(19)30-6)13-21(34-17(4)5)26(29)33-9-3/h10-12,16-17,21,35H,7-9,13-15H2,1-6H3,(H,27,28). The second-order valence-electron chi connectivity index (χ2n) is 8.06. The summed E-state index contributed by atoms with van der Waals surface area (Å²) in [6.07, 6.45) is -0.230. The van der Waals surface area contributed by atoms with Gasteiger partial charge in [0.2, 0.25) is 5.91 Å². The lowest BCUT2D eigenvalue weighted by atomic mass is 10.0. The first kappa shape index (κ1) is 28.5. The van der Waals surface area contributed by atoms with Crippen LogP contribution in [-0.4, -0.2) is 51.0 Å². The Morgan fingerprint density at radius 1 is 1.03 bits per heavy atom. The van der Waals surface area contributed by atoms with Gasteiger partial charge in [0.15, 0.2) is 17.6 Å². The zero-order valence-electron chi connectivity index (χ0n) is 21.6. The van der Waals surface area contributed by atoms with Crippen molar-refractivity contribution >= 4 is 20.1 Å². The summed E-state index contributed by atoms with van der Waals surface area (Å²) in [4.78, 5) is 25.1. The summed E-state index contributed by atoms with van der Waals surface area (Å²) in [6, 6.07) is 5.65. The van der Waals surface area contributed by atoms with Gasteiger partial charge in [0, 0.05) is 29.6 Å². The average molecular weight is 508 g/mol. The van der Waals surface area contributed by atoms with E-state index in [2.05, 4.69) is 5.32 Å². The number of methoxy groups -OCH3 is 1. The lowest BCUT2D eigenvalue weighted by molar-refractivity contribution is -0.159. The lowest BCUT2D eigenvalue weighted by Gasteiger charge is -2.20. The molecule has 1 heterocycles. The highest BCUT2D eigenvalue weighted by Crippen LogP contribution is 2.40. The van der Waals surface area contributed by atoms with Crippen molar-refractivity contribution in [3.63, 3.8) is 0 Å². The van der Waals surface area contributed by atoms with Crippen LogP contribution in [0, 0.1) is 0 Å². The predicted octanol–water partition coefficient (Wildman–Crippen LogP) is 4.28. The minimum atomic E-state index is -0.704. The van der Waals surface area contributed by atoms with Crippen LogP contribution in [0.25, 0.3) is 0 Å². The molecule has 1 aromatic heterocycles. The molecule has 35 heavy (non-hydrogen) atoms. The van der Waals surface area contributed by atoms with E-state index in [0.29, 0.717) is 51.7 Å². The zero-order chi connectivity index (χ0) is 25.8. The highest BCUT2D eigenvalue weighted by Gasteiger charge is 2.23. The van der Waals surface area contributed by atoms with Gasteiger partial charge in [-0.25, -0.2) is 4.79 Å². The molecule has 0 aliphatic rings. The summed E-state index contributed by atoms with van der Waals surface area (Å²) in [5.41, 5.74) is 1.70. The summed E-state index contributed by atoms with van der Waals surface area (Å²) < 4.78 is 27.8. The second-order valence-corrected chi connectivity index (χ2v) is 9.24. The molecule has 0 aliphatic carbocycles. The smallest absolute Gasteiger partial charge is 0.335 e. The Balaban J connectivity index is 2.10. The Labute approximate surface area is 209 Å². The van der Waals surface area contributed by atoms with E-state index in [1.165, 1.54) is 0 Å². The second kappa shape index (κ2) is 14.6. The Hall–Kier alpha value is -2.70. The van der Waals surface area contributed by atoms with Crippen LogP contribution < -0.4 is 19.5 Å². The van der Waals surface area contributed by atoms with Crippen molar-refractivity contribution in [2.24, 2.45) is 0 Å². The van der Waals surface area contributed by atoms with Crippen LogP contribution in [0.2, 0.25) is 0 Å². The van der Waals surface area contributed by atoms with Gasteiger partial charge in [0.25, 0.3) is 0 Å². The quantitative estimate of drug-likeness (QED) is 0.360. The molecule has 0 spiro atoms. The van der Waals surface area contributed by atoms with Crippen LogP contribution >= 0.6 is 8.19 Å². The fourth-order valence-corrected chi connectivity index (χ4v) is 4.72. The van der Waals surface area contributed by atoms with Gasteiger partial charge in [-0.3, -0.25) is 4.79 Å². The van der Waals surface area contributed by atoms with Crippen LogP contribution in [0.3, 0.4) is 0 Å². The van der Waals surface area contributed by atoms with Gasteiger partial charge in [0.05, 0.1) is 39.5 Å². The van der Waals surface area contributed by atoms with Crippen LogP contribution in [0.5, 0.6) is 17.2 Å². The Morgan fingerprint density at radius 2 is 1.77 bits per heavy atom. The molecule has 2 aromatic rings. The molecule has 194 valence electrons. The van der Waals surface area contributed by atoms with Crippen molar-refractivity contribution in [1.29, 1.82) is 0 Å². The number of benzene rings is 1. The Kier molecular flexibility index (Phi) is 11.9. The van der Waals surface area contributed by atoms with Gasteiger partial charge in [0.1, 0.15) is 5.75 Å². The number of ether oxygens (including phenoxy) is 5. The van der Waals surface area contributed by atoms with Crippen LogP contribution in [0.4, 0.5) is 0 Å². The molecule has 1 N–H and O–H groups in total. The number of hydrogen-bond donors (Lipinski definition) is 1. The topological polar surface area (TPSA) is 92.3 Å². The summed E-state index contributed by atoms with van der Waals surface area (Å²) in [5.74, 6) is 3.52. The van der Waals surface area contributed by atoms with Crippen LogP contribution in [0.1, 0.15) is 51.0 Å². The number of carbonyl (C=O) groups excluding carboxylic acids is 2. The molecule has 2 unspecified atom stereocenters. The van der Waals surface area contributed by atoms with Crippen LogP contribution in [-0.2, 0) is 38.4 Å². The van der Waals surface area contributed by atoms with E-state index in [4.69, 9.17) is 23.7 Å². The van der Waals surface area contributed by atoms with Crippen molar-refractivity contribution < 1.29 is 33.3 Å². The molecule has 0 fully saturated rings. The van der Waals surface area contributed by atoms with Crippen molar-refractivity contribution in [1.82, 2.24) is 5.32 Å². The predicted molar refractivity (Wildman–Crippen MR) is 137 cm³/mol. The van der Waals surface area contributed by atoms with Gasteiger partial charge in [-0.05, 0) is 46.2 Å². The molecule has 0 saturated heterocycles. The molecule has 1 amide bonds. The lowest BCUT2D eigenvalue weighted by Crippen LogP contribution is -2.31. The summed E-state index contributed by atoms with van der Waals surface area (Å²) in [7, 11) is 1.94. The molecule has 9 heteroatoms. The number of rotatable bonds is 15. The average Bonchev–Trinajstić information content (AvgIpc) is 3.18. The van der Waals surface area contributed by atoms with E-state index in [1.54, 1.807) is 14.0 Å². The normalized spacial score (nSPS) is 12.0. The van der Waals surface area contributed by atoms with E-state index in [9.17, 15) is 9.59 Å². The van der Waals surface area contributed by atoms with Crippen molar-refractivity contribution in [2.45, 2.75) is 66.2 Å². The molecule has 0 radical (unpaired) electrons. The zero-order valence-corrected chi connectivity index (χ0v) is 22.6. The van der Waals surface area contributed by atoms with Crippen molar-refractivity contribution in [3.05, 3.63) is 40.4 Å². The first-order chi connectivity index (χ1) is 16.8.